The SMILES string of the molecule is NNC(CC1CC1)c1ccc(F)c2ccccc12. The summed E-state index contributed by atoms with van der Waals surface area (Å²) in [6.45, 7) is 0. The number of fused-ring (bicyclic) bond motifs is 1. The molecule has 0 amide bonds. The number of benzene rings is 2. The molecule has 2 aromatic carbocycles. The van der Waals surface area contributed by atoms with Crippen LogP contribution in [0, 0.1) is 11.7 Å². The first-order valence-electron chi connectivity index (χ1n) is 6.43. The molecule has 1 atom stereocenters. The molecule has 0 spiro atoms. The Kier molecular flexibility index (Phi) is 3.02. The van der Waals surface area contributed by atoms with Gasteiger partial charge in [-0.15, -0.1) is 0 Å². The van der Waals surface area contributed by atoms with E-state index in [0.717, 1.165) is 23.3 Å². The number of rotatable bonds is 4. The molecule has 2 aromatic rings. The summed E-state index contributed by atoms with van der Waals surface area (Å²) in [7, 11) is 0. The largest absolute Gasteiger partial charge is 0.271 e. The molecule has 3 heteroatoms. The Labute approximate surface area is 106 Å². The summed E-state index contributed by atoms with van der Waals surface area (Å²) in [4.78, 5) is 0. The monoisotopic (exact) mass is 244 g/mol. The van der Waals surface area contributed by atoms with Crippen LogP contribution in [0.15, 0.2) is 36.4 Å². The molecule has 0 aromatic heterocycles. The van der Waals surface area contributed by atoms with E-state index in [9.17, 15) is 4.39 Å². The van der Waals surface area contributed by atoms with Gasteiger partial charge in [0.25, 0.3) is 0 Å². The van der Waals surface area contributed by atoms with Gasteiger partial charge in [-0.25, -0.2) is 4.39 Å². The van der Waals surface area contributed by atoms with Gasteiger partial charge in [0.2, 0.25) is 0 Å². The molecule has 1 aliphatic carbocycles. The van der Waals surface area contributed by atoms with E-state index in [-0.39, 0.29) is 11.9 Å². The summed E-state index contributed by atoms with van der Waals surface area (Å²) in [5.41, 5.74) is 3.98. The zero-order chi connectivity index (χ0) is 12.5. The van der Waals surface area contributed by atoms with Crippen LogP contribution in [-0.4, -0.2) is 0 Å². The van der Waals surface area contributed by atoms with Gasteiger partial charge in [-0.3, -0.25) is 11.3 Å². The average Bonchev–Trinajstić information content (AvgIpc) is 3.21. The fourth-order valence-electron chi connectivity index (χ4n) is 2.56. The van der Waals surface area contributed by atoms with Crippen molar-refractivity contribution in [2.45, 2.75) is 25.3 Å². The summed E-state index contributed by atoms with van der Waals surface area (Å²) < 4.78 is 13.8. The lowest BCUT2D eigenvalue weighted by atomic mass is 9.95. The van der Waals surface area contributed by atoms with E-state index in [2.05, 4.69) is 5.43 Å². The Hall–Kier alpha value is -1.45. The number of halogens is 1. The second kappa shape index (κ2) is 4.67. The first kappa shape index (κ1) is 11.6. The van der Waals surface area contributed by atoms with Crippen molar-refractivity contribution in [1.29, 1.82) is 0 Å². The molecule has 1 unspecified atom stereocenters. The molecular weight excluding hydrogens is 227 g/mol. The van der Waals surface area contributed by atoms with Crippen molar-refractivity contribution in [2.24, 2.45) is 11.8 Å². The van der Waals surface area contributed by atoms with Gasteiger partial charge < -0.3 is 0 Å². The molecule has 0 bridgehead atoms. The molecular formula is C15H17FN2. The van der Waals surface area contributed by atoms with Gasteiger partial charge in [0.05, 0.1) is 0 Å². The highest BCUT2D eigenvalue weighted by Gasteiger charge is 2.26. The molecule has 0 radical (unpaired) electrons. The van der Waals surface area contributed by atoms with Crippen LogP contribution in [0.3, 0.4) is 0 Å². The molecule has 94 valence electrons. The van der Waals surface area contributed by atoms with Crippen molar-refractivity contribution in [1.82, 2.24) is 5.43 Å². The van der Waals surface area contributed by atoms with Crippen LogP contribution in [-0.2, 0) is 0 Å². The van der Waals surface area contributed by atoms with Gasteiger partial charge in [0.1, 0.15) is 5.82 Å². The lowest BCUT2D eigenvalue weighted by Gasteiger charge is -2.18. The van der Waals surface area contributed by atoms with Crippen molar-refractivity contribution in [3.8, 4) is 0 Å². The topological polar surface area (TPSA) is 38.0 Å². The standard InChI is InChI=1S/C15H17FN2/c16-14-8-7-13(11-3-1-2-4-12(11)14)15(18-17)9-10-5-6-10/h1-4,7-8,10,15,18H,5-6,9,17H2. The Morgan fingerprint density at radius 3 is 2.56 bits per heavy atom. The lowest BCUT2D eigenvalue weighted by molar-refractivity contribution is 0.489. The number of hydrazine groups is 1. The van der Waals surface area contributed by atoms with E-state index in [1.807, 2.05) is 30.3 Å². The third-order valence-corrected chi connectivity index (χ3v) is 3.75. The maximum Gasteiger partial charge on any atom is 0.131 e. The maximum atomic E-state index is 13.8. The summed E-state index contributed by atoms with van der Waals surface area (Å²) in [6.07, 6.45) is 3.61. The van der Waals surface area contributed by atoms with E-state index < -0.39 is 0 Å². The summed E-state index contributed by atoms with van der Waals surface area (Å²) >= 11 is 0. The summed E-state index contributed by atoms with van der Waals surface area (Å²) in [5.74, 6) is 6.27. The van der Waals surface area contributed by atoms with Gasteiger partial charge >= 0.3 is 0 Å². The van der Waals surface area contributed by atoms with Crippen LogP contribution in [0.1, 0.15) is 30.9 Å². The molecule has 1 fully saturated rings. The Balaban J connectivity index is 2.06. The minimum absolute atomic E-state index is 0.114. The number of hydrogen-bond donors (Lipinski definition) is 2. The van der Waals surface area contributed by atoms with Gasteiger partial charge in [-0.1, -0.05) is 43.2 Å². The van der Waals surface area contributed by atoms with Crippen LogP contribution in [0.25, 0.3) is 10.8 Å². The minimum Gasteiger partial charge on any atom is -0.271 e. The number of nitrogens with two attached hydrogens (primary N) is 1. The number of nitrogens with one attached hydrogen (secondary N) is 1. The van der Waals surface area contributed by atoms with E-state index in [1.165, 1.54) is 18.9 Å². The second-order valence-electron chi connectivity index (χ2n) is 5.08. The second-order valence-corrected chi connectivity index (χ2v) is 5.08. The molecule has 3 N–H and O–H groups in total. The highest BCUT2D eigenvalue weighted by molar-refractivity contribution is 5.86. The molecule has 1 aliphatic rings. The van der Waals surface area contributed by atoms with Gasteiger partial charge in [-0.05, 0) is 29.4 Å². The van der Waals surface area contributed by atoms with Crippen LogP contribution in [0.2, 0.25) is 0 Å². The van der Waals surface area contributed by atoms with E-state index in [1.54, 1.807) is 0 Å². The van der Waals surface area contributed by atoms with E-state index >= 15 is 0 Å². The molecule has 0 heterocycles. The normalized spacial score (nSPS) is 17.0. The molecule has 1 saturated carbocycles. The fourth-order valence-corrected chi connectivity index (χ4v) is 2.56. The molecule has 3 rings (SSSR count). The van der Waals surface area contributed by atoms with Gasteiger partial charge in [0.15, 0.2) is 0 Å². The first-order chi connectivity index (χ1) is 8.79. The van der Waals surface area contributed by atoms with Crippen LogP contribution in [0.5, 0.6) is 0 Å². The highest BCUT2D eigenvalue weighted by Crippen LogP contribution is 2.39. The van der Waals surface area contributed by atoms with E-state index in [0.29, 0.717) is 5.39 Å². The molecule has 0 aliphatic heterocycles. The van der Waals surface area contributed by atoms with Gasteiger partial charge in [-0.2, -0.15) is 0 Å². The molecule has 18 heavy (non-hydrogen) atoms. The lowest BCUT2D eigenvalue weighted by Crippen LogP contribution is -2.28. The zero-order valence-electron chi connectivity index (χ0n) is 10.2. The van der Waals surface area contributed by atoms with Crippen molar-refractivity contribution >= 4 is 10.8 Å². The molecule has 2 nitrogen and oxygen atoms in total. The minimum atomic E-state index is -0.170. The third-order valence-electron chi connectivity index (χ3n) is 3.75. The first-order valence-corrected chi connectivity index (χ1v) is 6.43. The van der Waals surface area contributed by atoms with E-state index in [4.69, 9.17) is 5.84 Å². The van der Waals surface area contributed by atoms with Crippen LogP contribution in [0.4, 0.5) is 4.39 Å². The van der Waals surface area contributed by atoms with Crippen LogP contribution >= 0.6 is 0 Å². The smallest absolute Gasteiger partial charge is 0.131 e. The third kappa shape index (κ3) is 2.11. The van der Waals surface area contributed by atoms with Crippen LogP contribution < -0.4 is 11.3 Å². The quantitative estimate of drug-likeness (QED) is 0.640. The molecule has 0 saturated heterocycles. The summed E-state index contributed by atoms with van der Waals surface area (Å²) in [6, 6.07) is 11.1. The number of hydrogen-bond acceptors (Lipinski definition) is 2. The predicted octanol–water partition coefficient (Wildman–Crippen LogP) is 3.28. The Bertz CT molecular complexity index is 563. The predicted molar refractivity (Wildman–Crippen MR) is 71.3 cm³/mol. The maximum absolute atomic E-state index is 13.8. The van der Waals surface area contributed by atoms with Crippen molar-refractivity contribution < 1.29 is 4.39 Å². The Morgan fingerprint density at radius 2 is 1.89 bits per heavy atom. The Morgan fingerprint density at radius 1 is 1.17 bits per heavy atom. The van der Waals surface area contributed by atoms with Crippen molar-refractivity contribution in [3.63, 3.8) is 0 Å². The average molecular weight is 244 g/mol. The van der Waals surface area contributed by atoms with Gasteiger partial charge in [0, 0.05) is 11.4 Å². The fraction of sp³-hybridized carbons (Fsp3) is 0.333. The van der Waals surface area contributed by atoms with Crippen molar-refractivity contribution in [2.75, 3.05) is 0 Å². The zero-order valence-corrected chi connectivity index (χ0v) is 10.2. The summed E-state index contributed by atoms with van der Waals surface area (Å²) in [5, 5.41) is 1.63. The highest BCUT2D eigenvalue weighted by atomic mass is 19.1. The van der Waals surface area contributed by atoms with Crippen molar-refractivity contribution in [3.05, 3.63) is 47.8 Å².